The van der Waals surface area contributed by atoms with E-state index in [4.69, 9.17) is 5.73 Å². The van der Waals surface area contributed by atoms with E-state index in [1.54, 1.807) is 17.1 Å². The molecule has 0 amide bonds. The van der Waals surface area contributed by atoms with E-state index in [0.29, 0.717) is 5.69 Å². The fourth-order valence-corrected chi connectivity index (χ4v) is 1.29. The largest absolute Gasteiger partial charge is 0.396 e. The Kier molecular flexibility index (Phi) is 1.96. The molecule has 0 bridgehead atoms. The van der Waals surface area contributed by atoms with Gasteiger partial charge in [-0.1, -0.05) is 0 Å². The van der Waals surface area contributed by atoms with Crippen LogP contribution in [0.2, 0.25) is 0 Å². The van der Waals surface area contributed by atoms with Gasteiger partial charge in [-0.3, -0.25) is 0 Å². The first-order chi connectivity index (χ1) is 6.68. The number of anilines is 1. The third kappa shape index (κ3) is 1.35. The topological polar surface area (TPSA) is 56.7 Å². The van der Waals surface area contributed by atoms with Crippen molar-refractivity contribution in [2.75, 3.05) is 5.73 Å². The first kappa shape index (κ1) is 8.74. The minimum atomic E-state index is 0.688. The van der Waals surface area contributed by atoms with Crippen LogP contribution in [0.15, 0.2) is 24.5 Å². The van der Waals surface area contributed by atoms with Crippen LogP contribution in [0.3, 0.4) is 0 Å². The number of nitrogens with zero attached hydrogens (tertiary/aromatic N) is 3. The summed E-state index contributed by atoms with van der Waals surface area (Å²) in [6, 6.07) is 3.92. The minimum Gasteiger partial charge on any atom is -0.396 e. The molecule has 2 rings (SSSR count). The lowest BCUT2D eigenvalue weighted by Gasteiger charge is -2.03. The van der Waals surface area contributed by atoms with E-state index >= 15 is 0 Å². The van der Waals surface area contributed by atoms with Crippen LogP contribution in [0.4, 0.5) is 5.69 Å². The van der Waals surface area contributed by atoms with E-state index < -0.39 is 0 Å². The molecular weight excluding hydrogens is 176 g/mol. The molecule has 2 heterocycles. The molecular formula is C10H12N4. The molecule has 2 aromatic rings. The molecule has 0 radical (unpaired) electrons. The number of nitrogen functional groups attached to an aromatic ring is 1. The van der Waals surface area contributed by atoms with Gasteiger partial charge in [-0.25, -0.2) is 9.67 Å². The monoisotopic (exact) mass is 188 g/mol. The number of aryl methyl sites for hydroxylation is 1. The zero-order valence-electron chi connectivity index (χ0n) is 8.23. The second-order valence-corrected chi connectivity index (χ2v) is 3.29. The van der Waals surface area contributed by atoms with Crippen LogP contribution in [0.5, 0.6) is 0 Å². The highest BCUT2D eigenvalue weighted by Crippen LogP contribution is 2.13. The van der Waals surface area contributed by atoms with Gasteiger partial charge in [0.2, 0.25) is 0 Å². The van der Waals surface area contributed by atoms with E-state index in [9.17, 15) is 0 Å². The SMILES string of the molecule is Cc1ccnc(-n2ncc(N)c2C)c1. The van der Waals surface area contributed by atoms with Gasteiger partial charge in [-0.2, -0.15) is 5.10 Å². The first-order valence-electron chi connectivity index (χ1n) is 4.41. The molecule has 2 N–H and O–H groups in total. The molecule has 14 heavy (non-hydrogen) atoms. The van der Waals surface area contributed by atoms with Gasteiger partial charge in [0.15, 0.2) is 5.82 Å². The summed E-state index contributed by atoms with van der Waals surface area (Å²) in [4.78, 5) is 4.23. The lowest BCUT2D eigenvalue weighted by molar-refractivity contribution is 0.816. The normalized spacial score (nSPS) is 10.4. The lowest BCUT2D eigenvalue weighted by Crippen LogP contribution is -2.02. The third-order valence-corrected chi connectivity index (χ3v) is 2.17. The van der Waals surface area contributed by atoms with Crippen molar-refractivity contribution >= 4 is 5.69 Å². The van der Waals surface area contributed by atoms with Crippen molar-refractivity contribution in [2.45, 2.75) is 13.8 Å². The van der Waals surface area contributed by atoms with Gasteiger partial charge in [0.25, 0.3) is 0 Å². The number of nitrogens with two attached hydrogens (primary N) is 1. The maximum absolute atomic E-state index is 5.70. The summed E-state index contributed by atoms with van der Waals surface area (Å²) in [5, 5.41) is 4.16. The van der Waals surface area contributed by atoms with Crippen molar-refractivity contribution in [2.24, 2.45) is 0 Å². The number of hydrogen-bond acceptors (Lipinski definition) is 3. The highest BCUT2D eigenvalue weighted by atomic mass is 15.3. The van der Waals surface area contributed by atoms with Crippen LogP contribution < -0.4 is 5.73 Å². The molecule has 4 heteroatoms. The van der Waals surface area contributed by atoms with Crippen molar-refractivity contribution in [3.05, 3.63) is 35.8 Å². The quantitative estimate of drug-likeness (QED) is 0.737. The van der Waals surface area contributed by atoms with Crippen LogP contribution in [0.1, 0.15) is 11.3 Å². The predicted octanol–water partition coefficient (Wildman–Crippen LogP) is 1.47. The molecule has 72 valence electrons. The van der Waals surface area contributed by atoms with Crippen molar-refractivity contribution < 1.29 is 0 Å². The molecule has 0 saturated heterocycles. The Morgan fingerprint density at radius 1 is 1.36 bits per heavy atom. The third-order valence-electron chi connectivity index (χ3n) is 2.17. The van der Waals surface area contributed by atoms with Gasteiger partial charge >= 0.3 is 0 Å². The van der Waals surface area contributed by atoms with Crippen LogP contribution in [0, 0.1) is 13.8 Å². The maximum Gasteiger partial charge on any atom is 0.153 e. The second kappa shape index (κ2) is 3.14. The average Bonchev–Trinajstić information content (AvgIpc) is 2.48. The van der Waals surface area contributed by atoms with Gasteiger partial charge < -0.3 is 5.73 Å². The molecule has 0 fully saturated rings. The van der Waals surface area contributed by atoms with E-state index in [1.165, 1.54) is 0 Å². The Hall–Kier alpha value is -1.84. The molecule has 0 saturated carbocycles. The molecule has 4 nitrogen and oxygen atoms in total. The molecule has 2 aromatic heterocycles. The smallest absolute Gasteiger partial charge is 0.153 e. The number of hydrogen-bond donors (Lipinski definition) is 1. The summed E-state index contributed by atoms with van der Waals surface area (Å²) < 4.78 is 1.74. The summed E-state index contributed by atoms with van der Waals surface area (Å²) in [5.41, 5.74) is 8.47. The molecule has 0 aliphatic rings. The average molecular weight is 188 g/mol. The summed E-state index contributed by atoms with van der Waals surface area (Å²) in [5.74, 6) is 0.805. The Balaban J connectivity index is 2.55. The molecule has 0 atom stereocenters. The molecule has 0 aliphatic heterocycles. The first-order valence-corrected chi connectivity index (χ1v) is 4.41. The Morgan fingerprint density at radius 2 is 2.14 bits per heavy atom. The fraction of sp³-hybridized carbons (Fsp3) is 0.200. The Labute approximate surface area is 82.4 Å². The van der Waals surface area contributed by atoms with Crippen molar-refractivity contribution in [1.29, 1.82) is 0 Å². The molecule has 0 unspecified atom stereocenters. The van der Waals surface area contributed by atoms with E-state index in [0.717, 1.165) is 17.1 Å². The fourth-order valence-electron chi connectivity index (χ4n) is 1.29. The van der Waals surface area contributed by atoms with Gasteiger partial charge in [-0.15, -0.1) is 0 Å². The van der Waals surface area contributed by atoms with Crippen LogP contribution in [0.25, 0.3) is 5.82 Å². The molecule has 0 spiro atoms. The highest BCUT2D eigenvalue weighted by Gasteiger charge is 2.05. The number of rotatable bonds is 1. The molecule has 0 aromatic carbocycles. The number of aromatic nitrogens is 3. The van der Waals surface area contributed by atoms with E-state index in [1.807, 2.05) is 26.0 Å². The zero-order valence-corrected chi connectivity index (χ0v) is 8.23. The molecule has 0 aliphatic carbocycles. The lowest BCUT2D eigenvalue weighted by atomic mass is 10.3. The van der Waals surface area contributed by atoms with E-state index in [2.05, 4.69) is 10.1 Å². The van der Waals surface area contributed by atoms with Crippen molar-refractivity contribution in [1.82, 2.24) is 14.8 Å². The summed E-state index contributed by atoms with van der Waals surface area (Å²) >= 11 is 0. The number of pyridine rings is 1. The van der Waals surface area contributed by atoms with Gasteiger partial charge in [0.1, 0.15) is 0 Å². The Bertz CT molecular complexity index is 459. The van der Waals surface area contributed by atoms with Gasteiger partial charge in [0, 0.05) is 6.20 Å². The standard InChI is InChI=1S/C10H12N4/c1-7-3-4-12-10(5-7)14-8(2)9(11)6-13-14/h3-6H,11H2,1-2H3. The van der Waals surface area contributed by atoms with Crippen molar-refractivity contribution in [3.8, 4) is 5.82 Å². The summed E-state index contributed by atoms with van der Waals surface area (Å²) in [6.45, 7) is 3.94. The van der Waals surface area contributed by atoms with E-state index in [-0.39, 0.29) is 0 Å². The Morgan fingerprint density at radius 3 is 2.71 bits per heavy atom. The summed E-state index contributed by atoms with van der Waals surface area (Å²) in [6.07, 6.45) is 3.40. The minimum absolute atomic E-state index is 0.688. The van der Waals surface area contributed by atoms with Gasteiger partial charge in [-0.05, 0) is 31.5 Å². The second-order valence-electron chi connectivity index (χ2n) is 3.29. The van der Waals surface area contributed by atoms with Crippen LogP contribution >= 0.6 is 0 Å². The maximum atomic E-state index is 5.70. The van der Waals surface area contributed by atoms with Gasteiger partial charge in [0.05, 0.1) is 17.6 Å². The van der Waals surface area contributed by atoms with Crippen LogP contribution in [-0.4, -0.2) is 14.8 Å². The zero-order chi connectivity index (χ0) is 10.1. The van der Waals surface area contributed by atoms with Crippen molar-refractivity contribution in [3.63, 3.8) is 0 Å². The predicted molar refractivity (Wildman–Crippen MR) is 55.2 cm³/mol. The highest BCUT2D eigenvalue weighted by molar-refractivity contribution is 5.43. The van der Waals surface area contributed by atoms with Crippen LogP contribution in [-0.2, 0) is 0 Å². The summed E-state index contributed by atoms with van der Waals surface area (Å²) in [7, 11) is 0.